The molecule has 1 aliphatic rings. The van der Waals surface area contributed by atoms with E-state index in [4.69, 9.17) is 9.88 Å². The Morgan fingerprint density at radius 3 is 2.66 bits per heavy atom. The van der Waals surface area contributed by atoms with Crippen LogP contribution in [-0.2, 0) is 10.0 Å². The SMILES string of the molecule is CC(C)n1cnnc1O[C@H]1CCC(c2cnc(Nc3ccc(S(N)(=O)=O)cc3F)nc2)C1. The van der Waals surface area contributed by atoms with Crippen molar-refractivity contribution >= 4 is 21.7 Å². The molecule has 12 heteroatoms. The lowest BCUT2D eigenvalue weighted by molar-refractivity contribution is 0.178. The lowest BCUT2D eigenvalue weighted by Crippen LogP contribution is -2.16. The maximum Gasteiger partial charge on any atom is 0.317 e. The second-order valence-corrected chi connectivity index (χ2v) is 9.58. The van der Waals surface area contributed by atoms with Gasteiger partial charge in [-0.3, -0.25) is 4.57 Å². The van der Waals surface area contributed by atoms with Crippen molar-refractivity contribution in [1.29, 1.82) is 0 Å². The lowest BCUT2D eigenvalue weighted by atomic mass is 10.0. The maximum absolute atomic E-state index is 14.2. The number of nitrogens with two attached hydrogens (primary N) is 1. The van der Waals surface area contributed by atoms with E-state index in [1.165, 1.54) is 12.1 Å². The second kappa shape index (κ2) is 8.79. The second-order valence-electron chi connectivity index (χ2n) is 8.02. The zero-order valence-electron chi connectivity index (χ0n) is 17.6. The van der Waals surface area contributed by atoms with Crippen LogP contribution in [0.15, 0.2) is 41.8 Å². The van der Waals surface area contributed by atoms with Crippen molar-refractivity contribution in [2.24, 2.45) is 5.14 Å². The Kier molecular flexibility index (Phi) is 6.07. The van der Waals surface area contributed by atoms with Gasteiger partial charge in [-0.05, 0) is 62.8 Å². The Hall–Kier alpha value is -3.12. The van der Waals surface area contributed by atoms with Gasteiger partial charge < -0.3 is 10.1 Å². The molecule has 0 aliphatic heterocycles. The van der Waals surface area contributed by atoms with E-state index in [9.17, 15) is 12.8 Å². The molecule has 1 saturated carbocycles. The number of hydrogen-bond acceptors (Lipinski definition) is 8. The summed E-state index contributed by atoms with van der Waals surface area (Å²) in [6.45, 7) is 4.09. The van der Waals surface area contributed by atoms with Gasteiger partial charge in [-0.15, -0.1) is 5.10 Å². The van der Waals surface area contributed by atoms with Gasteiger partial charge in [-0.1, -0.05) is 5.10 Å². The van der Waals surface area contributed by atoms with Gasteiger partial charge in [0.25, 0.3) is 0 Å². The number of anilines is 2. The third-order valence-electron chi connectivity index (χ3n) is 5.41. The van der Waals surface area contributed by atoms with Crippen LogP contribution in [0.2, 0.25) is 0 Å². The first kappa shape index (κ1) is 22.1. The van der Waals surface area contributed by atoms with E-state index in [0.717, 1.165) is 30.9 Å². The van der Waals surface area contributed by atoms with E-state index in [0.29, 0.717) is 6.01 Å². The third-order valence-corrected chi connectivity index (χ3v) is 6.32. The smallest absolute Gasteiger partial charge is 0.317 e. The summed E-state index contributed by atoms with van der Waals surface area (Å²) in [5.74, 6) is -0.323. The fourth-order valence-electron chi connectivity index (χ4n) is 3.68. The Labute approximate surface area is 185 Å². The van der Waals surface area contributed by atoms with Gasteiger partial charge in [0.1, 0.15) is 18.2 Å². The molecule has 0 amide bonds. The Morgan fingerprint density at radius 2 is 2.00 bits per heavy atom. The van der Waals surface area contributed by atoms with Gasteiger partial charge in [0, 0.05) is 18.4 Å². The predicted molar refractivity (Wildman–Crippen MR) is 115 cm³/mol. The zero-order chi connectivity index (χ0) is 22.9. The van der Waals surface area contributed by atoms with Crippen LogP contribution in [0.25, 0.3) is 0 Å². The number of nitrogens with zero attached hydrogens (tertiary/aromatic N) is 5. The number of ether oxygens (including phenoxy) is 1. The molecular formula is C20H24FN7O3S. The molecule has 1 unspecified atom stereocenters. The van der Waals surface area contributed by atoms with Gasteiger partial charge in [0.15, 0.2) is 0 Å². The number of nitrogens with one attached hydrogen (secondary N) is 1. The lowest BCUT2D eigenvalue weighted by Gasteiger charge is -2.16. The molecule has 4 rings (SSSR count). The van der Waals surface area contributed by atoms with Crippen molar-refractivity contribution in [2.75, 3.05) is 5.32 Å². The third kappa shape index (κ3) is 4.86. The van der Waals surface area contributed by atoms with Crippen molar-refractivity contribution in [3.05, 3.63) is 48.3 Å². The molecule has 2 atom stereocenters. The molecule has 3 aromatic rings. The summed E-state index contributed by atoms with van der Waals surface area (Å²) >= 11 is 0. The predicted octanol–water partition coefficient (Wildman–Crippen LogP) is 2.89. The summed E-state index contributed by atoms with van der Waals surface area (Å²) in [7, 11) is -3.98. The number of sulfonamides is 1. The van der Waals surface area contributed by atoms with Crippen molar-refractivity contribution in [3.63, 3.8) is 0 Å². The van der Waals surface area contributed by atoms with E-state index in [-0.39, 0.29) is 34.6 Å². The van der Waals surface area contributed by atoms with Gasteiger partial charge in [0.05, 0.1) is 10.6 Å². The van der Waals surface area contributed by atoms with Crippen LogP contribution in [0.4, 0.5) is 16.0 Å². The zero-order valence-corrected chi connectivity index (χ0v) is 18.5. The number of primary sulfonamides is 1. The number of hydrogen-bond donors (Lipinski definition) is 2. The van der Waals surface area contributed by atoms with Crippen LogP contribution in [-0.4, -0.2) is 39.3 Å². The van der Waals surface area contributed by atoms with Crippen LogP contribution < -0.4 is 15.2 Å². The van der Waals surface area contributed by atoms with Crippen molar-refractivity contribution in [2.45, 2.75) is 56.1 Å². The summed E-state index contributed by atoms with van der Waals surface area (Å²) in [4.78, 5) is 8.24. The Bertz CT molecular complexity index is 1200. The van der Waals surface area contributed by atoms with Gasteiger partial charge >= 0.3 is 6.01 Å². The molecule has 2 heterocycles. The van der Waals surface area contributed by atoms with Crippen LogP contribution >= 0.6 is 0 Å². The van der Waals surface area contributed by atoms with E-state index in [1.54, 1.807) is 18.7 Å². The van der Waals surface area contributed by atoms with Crippen LogP contribution in [0.1, 0.15) is 50.6 Å². The summed E-state index contributed by atoms with van der Waals surface area (Å²) in [6.07, 6.45) is 7.73. The monoisotopic (exact) mass is 461 g/mol. The highest BCUT2D eigenvalue weighted by molar-refractivity contribution is 7.89. The van der Waals surface area contributed by atoms with Crippen molar-refractivity contribution in [3.8, 4) is 6.01 Å². The van der Waals surface area contributed by atoms with Gasteiger partial charge in [0.2, 0.25) is 16.0 Å². The van der Waals surface area contributed by atoms with Crippen LogP contribution in [0.5, 0.6) is 6.01 Å². The Morgan fingerprint density at radius 1 is 1.25 bits per heavy atom. The molecule has 3 N–H and O–H groups in total. The van der Waals surface area contributed by atoms with Crippen LogP contribution in [0, 0.1) is 5.82 Å². The molecule has 1 fully saturated rings. The number of aromatic nitrogens is 5. The first-order chi connectivity index (χ1) is 15.2. The molecule has 32 heavy (non-hydrogen) atoms. The molecule has 0 spiro atoms. The minimum absolute atomic E-state index is 0.0333. The quantitative estimate of drug-likeness (QED) is 0.548. The topological polar surface area (TPSA) is 138 Å². The number of halogens is 1. The maximum atomic E-state index is 14.2. The number of rotatable bonds is 7. The molecular weight excluding hydrogens is 437 g/mol. The largest absolute Gasteiger partial charge is 0.460 e. The normalized spacial score (nSPS) is 18.8. The van der Waals surface area contributed by atoms with Crippen molar-refractivity contribution in [1.82, 2.24) is 24.7 Å². The van der Waals surface area contributed by atoms with Crippen LogP contribution in [0.3, 0.4) is 0 Å². The fraction of sp³-hybridized carbons (Fsp3) is 0.400. The standard InChI is InChI=1S/C20H24FN7O3S/c1-12(2)28-11-25-27-20(28)31-15-4-3-13(7-15)14-9-23-19(24-10-14)26-18-6-5-16(8-17(18)21)32(22,29)30/h5-6,8-13,15H,3-4,7H2,1-2H3,(H2,22,29,30)(H,23,24,26)/t13?,15-/m0/s1. The summed E-state index contributed by atoms with van der Waals surface area (Å²) < 4.78 is 44.8. The van der Waals surface area contributed by atoms with E-state index >= 15 is 0 Å². The number of benzene rings is 1. The molecule has 170 valence electrons. The minimum atomic E-state index is -3.98. The van der Waals surface area contributed by atoms with Crippen molar-refractivity contribution < 1.29 is 17.5 Å². The van der Waals surface area contributed by atoms with E-state index in [1.807, 2.05) is 18.4 Å². The highest BCUT2D eigenvalue weighted by Crippen LogP contribution is 2.36. The molecule has 10 nitrogen and oxygen atoms in total. The first-order valence-corrected chi connectivity index (χ1v) is 11.7. The highest BCUT2D eigenvalue weighted by Gasteiger charge is 2.29. The Balaban J connectivity index is 1.38. The average molecular weight is 462 g/mol. The summed E-state index contributed by atoms with van der Waals surface area (Å²) in [5.41, 5.74) is 1.02. The molecule has 0 radical (unpaired) electrons. The first-order valence-electron chi connectivity index (χ1n) is 10.2. The molecule has 0 saturated heterocycles. The molecule has 2 aromatic heterocycles. The fourth-order valence-corrected chi connectivity index (χ4v) is 4.20. The highest BCUT2D eigenvalue weighted by atomic mass is 32.2. The summed E-state index contributed by atoms with van der Waals surface area (Å²) in [5, 5.41) is 15.8. The van der Waals surface area contributed by atoms with Gasteiger partial charge in [-0.25, -0.2) is 27.9 Å². The van der Waals surface area contributed by atoms with E-state index < -0.39 is 15.8 Å². The van der Waals surface area contributed by atoms with Gasteiger partial charge in [-0.2, -0.15) is 0 Å². The minimum Gasteiger partial charge on any atom is -0.460 e. The average Bonchev–Trinajstić information content (AvgIpc) is 3.39. The molecule has 1 aliphatic carbocycles. The summed E-state index contributed by atoms with van der Waals surface area (Å²) in [6, 6.07) is 4.09. The molecule has 1 aromatic carbocycles. The molecule has 0 bridgehead atoms. The van der Waals surface area contributed by atoms with E-state index in [2.05, 4.69) is 25.5 Å².